The van der Waals surface area contributed by atoms with Gasteiger partial charge in [0.05, 0.1) is 0 Å². The van der Waals surface area contributed by atoms with Gasteiger partial charge in [-0.1, -0.05) is 67.6 Å². The predicted octanol–water partition coefficient (Wildman–Crippen LogP) is 3.78. The van der Waals surface area contributed by atoms with Crippen molar-refractivity contribution in [2.75, 3.05) is 0 Å². The number of benzene rings is 3. The van der Waals surface area contributed by atoms with Gasteiger partial charge in [-0.05, 0) is 46.8 Å². The lowest BCUT2D eigenvalue weighted by molar-refractivity contribution is 0.0994. The van der Waals surface area contributed by atoms with E-state index in [2.05, 4.69) is 31.2 Å². The van der Waals surface area contributed by atoms with Crippen LogP contribution in [0, 0.1) is 0 Å². The van der Waals surface area contributed by atoms with Crippen LogP contribution in [0.25, 0.3) is 0 Å². The Bertz CT molecular complexity index is 1020. The van der Waals surface area contributed by atoms with E-state index in [1.807, 2.05) is 36.4 Å². The van der Waals surface area contributed by atoms with E-state index in [-0.39, 0.29) is 11.6 Å². The van der Waals surface area contributed by atoms with Crippen molar-refractivity contribution in [2.24, 2.45) is 0 Å². The first-order chi connectivity index (χ1) is 13.6. The van der Waals surface area contributed by atoms with Crippen molar-refractivity contribution in [2.45, 2.75) is 13.0 Å². The molecule has 0 amide bonds. The lowest BCUT2D eigenvalue weighted by atomic mass is 9.95. The third-order valence-corrected chi connectivity index (χ3v) is 9.29. The van der Waals surface area contributed by atoms with E-state index < -0.39 is 8.32 Å². The maximum Gasteiger partial charge on any atom is 0.314 e. The SMILES string of the molecule is CC[Si](Oc1ccc2c(c1)C(=O)C=CC2=O)(c1ccccc1)c1ccccc1. The van der Waals surface area contributed by atoms with Gasteiger partial charge in [0.15, 0.2) is 11.6 Å². The molecule has 1 aliphatic carbocycles. The number of fused-ring (bicyclic) bond motifs is 1. The van der Waals surface area contributed by atoms with Crippen LogP contribution >= 0.6 is 0 Å². The minimum atomic E-state index is -2.56. The molecule has 0 heterocycles. The number of hydrogen-bond donors (Lipinski definition) is 0. The Morgan fingerprint density at radius 1 is 0.714 bits per heavy atom. The van der Waals surface area contributed by atoms with Crippen molar-refractivity contribution in [3.8, 4) is 5.75 Å². The summed E-state index contributed by atoms with van der Waals surface area (Å²) >= 11 is 0. The Hall–Kier alpha value is -3.24. The summed E-state index contributed by atoms with van der Waals surface area (Å²) in [5, 5.41) is 2.34. The number of ketones is 2. The van der Waals surface area contributed by atoms with E-state index in [0.717, 1.165) is 6.04 Å². The molecule has 0 aromatic heterocycles. The Labute approximate surface area is 165 Å². The third kappa shape index (κ3) is 3.12. The van der Waals surface area contributed by atoms with Crippen LogP contribution in [-0.4, -0.2) is 19.9 Å². The molecule has 3 nitrogen and oxygen atoms in total. The quantitative estimate of drug-likeness (QED) is 0.629. The number of carbonyl (C=O) groups excluding carboxylic acids is 2. The fraction of sp³-hybridized carbons (Fsp3) is 0.0833. The van der Waals surface area contributed by atoms with Gasteiger partial charge in [-0.3, -0.25) is 9.59 Å². The molecule has 0 fully saturated rings. The number of rotatable bonds is 5. The highest BCUT2D eigenvalue weighted by molar-refractivity contribution is 6.97. The molecule has 28 heavy (non-hydrogen) atoms. The van der Waals surface area contributed by atoms with Gasteiger partial charge < -0.3 is 4.43 Å². The summed E-state index contributed by atoms with van der Waals surface area (Å²) in [6.07, 6.45) is 2.65. The zero-order valence-electron chi connectivity index (χ0n) is 15.6. The van der Waals surface area contributed by atoms with Crippen LogP contribution in [0.1, 0.15) is 27.6 Å². The van der Waals surface area contributed by atoms with Crippen LogP contribution in [0.15, 0.2) is 91.0 Å². The molecule has 0 bridgehead atoms. The highest BCUT2D eigenvalue weighted by Gasteiger charge is 2.40. The van der Waals surface area contributed by atoms with E-state index in [1.54, 1.807) is 18.2 Å². The molecule has 0 saturated carbocycles. The van der Waals surface area contributed by atoms with Crippen molar-refractivity contribution >= 4 is 30.3 Å². The molecule has 3 aromatic rings. The van der Waals surface area contributed by atoms with Crippen molar-refractivity contribution in [1.29, 1.82) is 0 Å². The van der Waals surface area contributed by atoms with Crippen LogP contribution in [0.2, 0.25) is 6.04 Å². The molecular formula is C24H20O3Si. The Balaban J connectivity index is 1.83. The summed E-state index contributed by atoms with van der Waals surface area (Å²) in [5.41, 5.74) is 0.841. The molecule has 0 saturated heterocycles. The average Bonchev–Trinajstić information content (AvgIpc) is 2.76. The van der Waals surface area contributed by atoms with Gasteiger partial charge in [0.2, 0.25) is 0 Å². The number of carbonyl (C=O) groups is 2. The maximum absolute atomic E-state index is 12.3. The lowest BCUT2D eigenvalue weighted by Crippen LogP contribution is -2.62. The Kier molecular flexibility index (Phi) is 4.80. The van der Waals surface area contributed by atoms with E-state index in [4.69, 9.17) is 4.43 Å². The molecule has 4 heteroatoms. The van der Waals surface area contributed by atoms with E-state index in [1.165, 1.54) is 22.5 Å². The van der Waals surface area contributed by atoms with Gasteiger partial charge in [-0.15, -0.1) is 0 Å². The monoisotopic (exact) mass is 384 g/mol. The second-order valence-electron chi connectivity index (χ2n) is 6.78. The van der Waals surface area contributed by atoms with Gasteiger partial charge in [0, 0.05) is 11.1 Å². The minimum Gasteiger partial charge on any atom is -0.535 e. The molecule has 0 atom stereocenters. The Morgan fingerprint density at radius 2 is 1.25 bits per heavy atom. The van der Waals surface area contributed by atoms with Gasteiger partial charge in [-0.2, -0.15) is 0 Å². The van der Waals surface area contributed by atoms with Crippen molar-refractivity contribution < 1.29 is 14.0 Å². The van der Waals surface area contributed by atoms with Gasteiger partial charge in [0.1, 0.15) is 5.75 Å². The molecular weight excluding hydrogens is 364 g/mol. The fourth-order valence-corrected chi connectivity index (χ4v) is 7.24. The summed E-state index contributed by atoms with van der Waals surface area (Å²) in [4.78, 5) is 24.3. The van der Waals surface area contributed by atoms with Crippen molar-refractivity contribution in [3.63, 3.8) is 0 Å². The van der Waals surface area contributed by atoms with E-state index in [9.17, 15) is 9.59 Å². The van der Waals surface area contributed by atoms with Gasteiger partial charge in [0.25, 0.3) is 0 Å². The van der Waals surface area contributed by atoms with Crippen molar-refractivity contribution in [3.05, 3.63) is 102 Å². The summed E-state index contributed by atoms with van der Waals surface area (Å²) in [6.45, 7) is 2.14. The fourth-order valence-electron chi connectivity index (χ4n) is 3.72. The smallest absolute Gasteiger partial charge is 0.314 e. The topological polar surface area (TPSA) is 43.4 Å². The second-order valence-corrected chi connectivity index (χ2v) is 10.5. The molecule has 1 aliphatic rings. The minimum absolute atomic E-state index is 0.147. The third-order valence-electron chi connectivity index (χ3n) is 5.18. The molecule has 4 rings (SSSR count). The average molecular weight is 385 g/mol. The predicted molar refractivity (Wildman–Crippen MR) is 113 cm³/mol. The molecule has 0 unspecified atom stereocenters. The molecule has 3 aromatic carbocycles. The first-order valence-corrected chi connectivity index (χ1v) is 11.5. The van der Waals surface area contributed by atoms with Gasteiger partial charge >= 0.3 is 8.32 Å². The first kappa shape index (κ1) is 18.1. The molecule has 0 aliphatic heterocycles. The molecule has 0 N–H and O–H groups in total. The number of allylic oxidation sites excluding steroid dienone is 2. The van der Waals surface area contributed by atoms with Crippen LogP contribution in [-0.2, 0) is 0 Å². The van der Waals surface area contributed by atoms with E-state index in [0.29, 0.717) is 16.9 Å². The molecule has 0 radical (unpaired) electrons. The van der Waals surface area contributed by atoms with Crippen LogP contribution < -0.4 is 14.8 Å². The standard InChI is InChI=1S/C24H20O3Si/c1-2-28(19-9-5-3-6-10-19,20-11-7-4-8-12-20)27-18-13-14-21-22(17-18)24(26)16-15-23(21)25/h3-17H,2H2,1H3. The highest BCUT2D eigenvalue weighted by Crippen LogP contribution is 2.26. The lowest BCUT2D eigenvalue weighted by Gasteiger charge is -2.32. The van der Waals surface area contributed by atoms with Crippen molar-refractivity contribution in [1.82, 2.24) is 0 Å². The molecule has 0 spiro atoms. The van der Waals surface area contributed by atoms with Crippen LogP contribution in [0.4, 0.5) is 0 Å². The normalized spacial score (nSPS) is 13.3. The van der Waals surface area contributed by atoms with Gasteiger partial charge in [-0.25, -0.2) is 0 Å². The number of hydrogen-bond acceptors (Lipinski definition) is 3. The molecule has 138 valence electrons. The first-order valence-electron chi connectivity index (χ1n) is 9.35. The largest absolute Gasteiger partial charge is 0.535 e. The highest BCUT2D eigenvalue weighted by atomic mass is 28.4. The van der Waals surface area contributed by atoms with Crippen LogP contribution in [0.5, 0.6) is 5.75 Å². The zero-order valence-corrected chi connectivity index (χ0v) is 16.6. The second kappa shape index (κ2) is 7.41. The summed E-state index contributed by atoms with van der Waals surface area (Å²) < 4.78 is 6.72. The maximum atomic E-state index is 12.3. The summed E-state index contributed by atoms with van der Waals surface area (Å²) in [7, 11) is -2.56. The van der Waals surface area contributed by atoms with Crippen LogP contribution in [0.3, 0.4) is 0 Å². The van der Waals surface area contributed by atoms with E-state index >= 15 is 0 Å². The zero-order chi connectivity index (χ0) is 19.6. The summed E-state index contributed by atoms with van der Waals surface area (Å²) in [6, 6.07) is 26.6. The Morgan fingerprint density at radius 3 is 1.79 bits per heavy atom. The summed E-state index contributed by atoms with van der Waals surface area (Å²) in [5.74, 6) is 0.311.